The van der Waals surface area contributed by atoms with Gasteiger partial charge in [0.15, 0.2) is 0 Å². The molecule has 0 saturated heterocycles. The fourth-order valence-electron chi connectivity index (χ4n) is 3.16. The van der Waals surface area contributed by atoms with E-state index in [4.69, 9.17) is 4.74 Å². The molecule has 13 nitrogen and oxygen atoms in total. The Bertz CT molecular complexity index is 1360. The lowest BCUT2D eigenvalue weighted by atomic mass is 9.99. The van der Waals surface area contributed by atoms with Crippen LogP contribution in [0.25, 0.3) is 6.08 Å². The highest BCUT2D eigenvalue weighted by Crippen LogP contribution is 2.24. The Labute approximate surface area is 198 Å². The molecular weight excluding hydrogens is 454 g/mol. The van der Waals surface area contributed by atoms with E-state index < -0.39 is 10.8 Å². The zero-order valence-electron chi connectivity index (χ0n) is 18.4. The quantitative estimate of drug-likeness (QED) is 0.144. The van der Waals surface area contributed by atoms with E-state index in [1.165, 1.54) is 24.8 Å². The maximum Gasteiger partial charge on any atom is 0.276 e. The fourth-order valence-corrected chi connectivity index (χ4v) is 3.16. The Hall–Kier alpha value is -5.20. The molecule has 2 heterocycles. The number of aromatic amines is 2. The molecular formula is C22H19N9O4. The minimum Gasteiger partial charge on any atom is -0.497 e. The molecule has 0 radical (unpaired) electrons. The van der Waals surface area contributed by atoms with Crippen molar-refractivity contribution in [2.45, 2.75) is 6.42 Å². The molecule has 0 atom stereocenters. The summed E-state index contributed by atoms with van der Waals surface area (Å²) in [6, 6.07) is 13.2. The second kappa shape index (κ2) is 10.6. The lowest BCUT2D eigenvalue weighted by Gasteiger charge is -2.11. The normalized spacial score (nSPS) is 11.8. The molecule has 176 valence electrons. The predicted octanol–water partition coefficient (Wildman–Crippen LogP) is 3.07. The Kier molecular flexibility index (Phi) is 6.97. The van der Waals surface area contributed by atoms with Crippen LogP contribution in [0.2, 0.25) is 0 Å². The molecule has 35 heavy (non-hydrogen) atoms. The first kappa shape index (κ1) is 23.0. The van der Waals surface area contributed by atoms with E-state index >= 15 is 0 Å². The van der Waals surface area contributed by atoms with Crippen LogP contribution in [0.15, 0.2) is 71.8 Å². The highest BCUT2D eigenvalue weighted by Gasteiger charge is 2.19. The average molecular weight is 473 g/mol. The van der Waals surface area contributed by atoms with Crippen LogP contribution in [0.5, 0.6) is 5.75 Å². The number of aromatic nitrogens is 6. The molecule has 0 unspecified atom stereocenters. The van der Waals surface area contributed by atoms with Crippen molar-refractivity contribution in [1.29, 1.82) is 0 Å². The minimum atomic E-state index is -0.543. The number of hydrogen-bond donors (Lipinski definition) is 3. The van der Waals surface area contributed by atoms with E-state index in [1.807, 2.05) is 0 Å². The summed E-state index contributed by atoms with van der Waals surface area (Å²) in [6.45, 7) is 0. The molecule has 2 aromatic heterocycles. The summed E-state index contributed by atoms with van der Waals surface area (Å²) >= 11 is 0. The van der Waals surface area contributed by atoms with Crippen LogP contribution >= 0.6 is 0 Å². The van der Waals surface area contributed by atoms with E-state index in [-0.39, 0.29) is 35.1 Å². The standard InChI is InChI=1S/C22H19N9O4/c1-35-17-8-6-14(7-9-17)18(27-21-23-12-25-29-21)11-16(20(32)28-22-24-13-26-30-22)10-15-4-2-3-5-19(15)31(33)34/h2-10,12-13H,11H2,1H3,(H,23,25,29)(H2,24,26,28,30,32)/b16-10-,27-18+. The maximum atomic E-state index is 13.2. The van der Waals surface area contributed by atoms with Gasteiger partial charge in [0, 0.05) is 18.1 Å². The highest BCUT2D eigenvalue weighted by molar-refractivity contribution is 6.13. The zero-order valence-corrected chi connectivity index (χ0v) is 18.4. The third kappa shape index (κ3) is 5.78. The van der Waals surface area contributed by atoms with Gasteiger partial charge in [-0.2, -0.15) is 20.2 Å². The van der Waals surface area contributed by atoms with Gasteiger partial charge in [-0.3, -0.25) is 20.2 Å². The molecule has 0 aliphatic carbocycles. The van der Waals surface area contributed by atoms with Crippen molar-refractivity contribution in [3.05, 3.63) is 88.0 Å². The van der Waals surface area contributed by atoms with Crippen molar-refractivity contribution < 1.29 is 14.5 Å². The number of hydrogen-bond acceptors (Lipinski definition) is 9. The van der Waals surface area contributed by atoms with E-state index in [2.05, 4.69) is 40.7 Å². The van der Waals surface area contributed by atoms with Gasteiger partial charge in [0.05, 0.1) is 23.3 Å². The SMILES string of the molecule is COc1ccc(/C(C/C(=C/c2ccccc2[N+](=O)[O-])C(=O)Nc2ncn[nH]2)=N/c2ncn[nH]2)cc1. The van der Waals surface area contributed by atoms with Crippen molar-refractivity contribution in [3.8, 4) is 5.75 Å². The number of rotatable bonds is 9. The molecule has 1 amide bonds. The van der Waals surface area contributed by atoms with Gasteiger partial charge in [0.2, 0.25) is 11.9 Å². The van der Waals surface area contributed by atoms with Crippen LogP contribution in [-0.2, 0) is 4.79 Å². The Morgan fingerprint density at radius 1 is 1.11 bits per heavy atom. The number of benzene rings is 2. The van der Waals surface area contributed by atoms with Crippen LogP contribution in [-0.4, -0.2) is 54.0 Å². The first-order valence-electron chi connectivity index (χ1n) is 10.2. The van der Waals surface area contributed by atoms with Crippen molar-refractivity contribution in [1.82, 2.24) is 30.4 Å². The number of nitrogens with zero attached hydrogens (tertiary/aromatic N) is 6. The molecule has 0 aliphatic rings. The number of para-hydroxylation sites is 1. The first-order chi connectivity index (χ1) is 17.0. The van der Waals surface area contributed by atoms with Crippen LogP contribution < -0.4 is 10.1 Å². The van der Waals surface area contributed by atoms with Crippen molar-refractivity contribution in [3.63, 3.8) is 0 Å². The van der Waals surface area contributed by atoms with Gasteiger partial charge in [-0.1, -0.05) is 12.1 Å². The third-order valence-electron chi connectivity index (χ3n) is 4.83. The number of H-pyrrole nitrogens is 2. The van der Waals surface area contributed by atoms with E-state index in [0.717, 1.165) is 0 Å². The molecule has 0 bridgehead atoms. The minimum absolute atomic E-state index is 0.000945. The van der Waals surface area contributed by atoms with Crippen molar-refractivity contribution in [2.75, 3.05) is 12.4 Å². The monoisotopic (exact) mass is 473 g/mol. The molecule has 4 rings (SSSR count). The second-order valence-corrected chi connectivity index (χ2v) is 7.05. The summed E-state index contributed by atoms with van der Waals surface area (Å²) in [5.41, 5.74) is 1.44. The highest BCUT2D eigenvalue weighted by atomic mass is 16.6. The van der Waals surface area contributed by atoms with Crippen molar-refractivity contribution in [2.24, 2.45) is 4.99 Å². The van der Waals surface area contributed by atoms with Gasteiger partial charge in [0.25, 0.3) is 11.6 Å². The molecule has 0 spiro atoms. The molecule has 0 saturated carbocycles. The number of nitro groups is 1. The molecule has 4 aromatic rings. The smallest absolute Gasteiger partial charge is 0.276 e. The van der Waals surface area contributed by atoms with E-state index in [9.17, 15) is 14.9 Å². The number of carbonyl (C=O) groups is 1. The largest absolute Gasteiger partial charge is 0.497 e. The topological polar surface area (TPSA) is 177 Å². The number of nitro benzene ring substituents is 1. The predicted molar refractivity (Wildman–Crippen MR) is 126 cm³/mol. The molecule has 3 N–H and O–H groups in total. The van der Waals surface area contributed by atoms with Crippen molar-refractivity contribution >= 4 is 35.3 Å². The maximum absolute atomic E-state index is 13.2. The third-order valence-corrected chi connectivity index (χ3v) is 4.83. The summed E-state index contributed by atoms with van der Waals surface area (Å²) in [5, 5.41) is 26.9. The Balaban J connectivity index is 1.78. The fraction of sp³-hybridized carbons (Fsp3) is 0.0909. The Morgan fingerprint density at radius 3 is 2.51 bits per heavy atom. The summed E-state index contributed by atoms with van der Waals surface area (Å²) in [5.74, 6) is 0.461. The summed E-state index contributed by atoms with van der Waals surface area (Å²) < 4.78 is 5.22. The molecule has 0 aliphatic heterocycles. The number of carbonyl (C=O) groups excluding carboxylic acids is 1. The van der Waals surface area contributed by atoms with Gasteiger partial charge < -0.3 is 4.74 Å². The van der Waals surface area contributed by atoms with E-state index in [1.54, 1.807) is 49.6 Å². The number of aliphatic imine (C=N–C) groups is 1. The van der Waals surface area contributed by atoms with E-state index in [0.29, 0.717) is 17.0 Å². The Morgan fingerprint density at radius 2 is 1.86 bits per heavy atom. The van der Waals surface area contributed by atoms with Crippen LogP contribution in [0.1, 0.15) is 17.5 Å². The van der Waals surface area contributed by atoms with Crippen LogP contribution in [0.3, 0.4) is 0 Å². The van der Waals surface area contributed by atoms with Gasteiger partial charge >= 0.3 is 0 Å². The van der Waals surface area contributed by atoms with Crippen LogP contribution in [0, 0.1) is 10.1 Å². The van der Waals surface area contributed by atoms with Gasteiger partial charge in [-0.15, -0.1) is 0 Å². The number of amides is 1. The van der Waals surface area contributed by atoms with Gasteiger partial charge in [-0.25, -0.2) is 15.2 Å². The summed E-state index contributed by atoms with van der Waals surface area (Å²) in [4.78, 5) is 36.7. The molecule has 0 fully saturated rings. The lowest BCUT2D eigenvalue weighted by molar-refractivity contribution is -0.385. The second-order valence-electron chi connectivity index (χ2n) is 7.05. The first-order valence-corrected chi connectivity index (χ1v) is 10.2. The summed E-state index contributed by atoms with van der Waals surface area (Å²) in [7, 11) is 1.56. The number of nitrogens with one attached hydrogen (secondary N) is 3. The molecule has 2 aromatic carbocycles. The van der Waals surface area contributed by atoms with Gasteiger partial charge in [0.1, 0.15) is 18.4 Å². The lowest BCUT2D eigenvalue weighted by Crippen LogP contribution is -2.18. The summed E-state index contributed by atoms with van der Waals surface area (Å²) in [6.07, 6.45) is 4.00. The zero-order chi connectivity index (χ0) is 24.6. The number of anilines is 1. The van der Waals surface area contributed by atoms with Crippen LogP contribution in [0.4, 0.5) is 17.6 Å². The average Bonchev–Trinajstić information content (AvgIpc) is 3.58. The number of ether oxygens (including phenoxy) is 1. The number of methoxy groups -OCH3 is 1. The van der Waals surface area contributed by atoms with Gasteiger partial charge in [-0.05, 0) is 42.0 Å². The molecule has 13 heteroatoms.